The predicted molar refractivity (Wildman–Crippen MR) is 81.9 cm³/mol. The van der Waals surface area contributed by atoms with Crippen LogP contribution in [-0.4, -0.2) is 40.6 Å². The molecule has 0 saturated heterocycles. The molecule has 0 fully saturated rings. The summed E-state index contributed by atoms with van der Waals surface area (Å²) in [5.74, 6) is 0.621. The second kappa shape index (κ2) is 6.85. The lowest BCUT2D eigenvalue weighted by Gasteiger charge is -2.14. The van der Waals surface area contributed by atoms with Crippen molar-refractivity contribution in [1.29, 1.82) is 0 Å². The first-order chi connectivity index (χ1) is 9.95. The van der Waals surface area contributed by atoms with Gasteiger partial charge in [0.25, 0.3) is 0 Å². The fraction of sp³-hybridized carbons (Fsp3) is 0.467. The van der Waals surface area contributed by atoms with Crippen LogP contribution in [0.4, 0.5) is 0 Å². The summed E-state index contributed by atoms with van der Waals surface area (Å²) in [4.78, 5) is 22.0. The molecule has 2 N–H and O–H groups in total. The van der Waals surface area contributed by atoms with Crippen molar-refractivity contribution in [3.05, 3.63) is 29.3 Å². The standard InChI is InChI=1S/C15H19NO4S/c1-9-3-4-14-11(5-9)6-12(20-14)7-21-8-13(15(18)19)16-10(2)17/h3-5,12-13H,6-8H2,1-2H3,(H,16,17)(H,18,19)/t12?,13-/m0/s1. The molecule has 0 spiro atoms. The van der Waals surface area contributed by atoms with Gasteiger partial charge in [-0.2, -0.15) is 11.8 Å². The van der Waals surface area contributed by atoms with Crippen molar-refractivity contribution in [3.63, 3.8) is 0 Å². The van der Waals surface area contributed by atoms with Crippen LogP contribution in [0.3, 0.4) is 0 Å². The van der Waals surface area contributed by atoms with E-state index in [2.05, 4.69) is 11.4 Å². The third-order valence-corrected chi connectivity index (χ3v) is 4.40. The summed E-state index contributed by atoms with van der Waals surface area (Å²) in [6.07, 6.45) is 0.917. The van der Waals surface area contributed by atoms with Crippen LogP contribution in [0.25, 0.3) is 0 Å². The number of fused-ring (bicyclic) bond motifs is 1. The number of aliphatic carboxylic acids is 1. The average molecular weight is 309 g/mol. The van der Waals surface area contributed by atoms with Gasteiger partial charge in [-0.05, 0) is 18.6 Å². The predicted octanol–water partition coefficient (Wildman–Crippen LogP) is 1.62. The van der Waals surface area contributed by atoms with Gasteiger partial charge < -0.3 is 15.2 Å². The highest BCUT2D eigenvalue weighted by atomic mass is 32.2. The van der Waals surface area contributed by atoms with Crippen LogP contribution in [0.15, 0.2) is 18.2 Å². The summed E-state index contributed by atoms with van der Waals surface area (Å²) in [5.41, 5.74) is 2.42. The lowest BCUT2D eigenvalue weighted by Crippen LogP contribution is -2.41. The first-order valence-electron chi connectivity index (χ1n) is 6.79. The minimum atomic E-state index is -1.01. The average Bonchev–Trinajstić information content (AvgIpc) is 2.78. The molecule has 6 heteroatoms. The molecule has 21 heavy (non-hydrogen) atoms. The maximum atomic E-state index is 11.0. The lowest BCUT2D eigenvalue weighted by molar-refractivity contribution is -0.140. The fourth-order valence-corrected chi connectivity index (χ4v) is 3.33. The Hall–Kier alpha value is -1.69. The molecule has 1 unspecified atom stereocenters. The molecule has 1 aliphatic rings. The van der Waals surface area contributed by atoms with Gasteiger partial charge in [-0.15, -0.1) is 0 Å². The highest BCUT2D eigenvalue weighted by molar-refractivity contribution is 7.99. The molecule has 114 valence electrons. The second-order valence-corrected chi connectivity index (χ2v) is 6.26. The summed E-state index contributed by atoms with van der Waals surface area (Å²) >= 11 is 1.48. The monoisotopic (exact) mass is 309 g/mol. The van der Waals surface area contributed by atoms with Crippen molar-refractivity contribution in [2.45, 2.75) is 32.4 Å². The Morgan fingerprint density at radius 1 is 1.52 bits per heavy atom. The van der Waals surface area contributed by atoms with E-state index in [0.717, 1.165) is 12.2 Å². The number of benzene rings is 1. The van der Waals surface area contributed by atoms with E-state index in [1.807, 2.05) is 19.1 Å². The molecule has 0 saturated carbocycles. The van der Waals surface area contributed by atoms with Crippen molar-refractivity contribution in [1.82, 2.24) is 5.32 Å². The van der Waals surface area contributed by atoms with Gasteiger partial charge in [0.15, 0.2) is 0 Å². The number of carboxylic acids is 1. The smallest absolute Gasteiger partial charge is 0.327 e. The van der Waals surface area contributed by atoms with Gasteiger partial charge in [0.1, 0.15) is 17.9 Å². The minimum absolute atomic E-state index is 0.0681. The number of carbonyl (C=O) groups excluding carboxylic acids is 1. The summed E-state index contributed by atoms with van der Waals surface area (Å²) in [5, 5.41) is 11.5. The highest BCUT2D eigenvalue weighted by Crippen LogP contribution is 2.30. The van der Waals surface area contributed by atoms with E-state index in [4.69, 9.17) is 9.84 Å². The number of ether oxygens (including phenoxy) is 1. The summed E-state index contributed by atoms with van der Waals surface area (Å²) < 4.78 is 5.83. The molecule has 1 heterocycles. The minimum Gasteiger partial charge on any atom is -0.489 e. The second-order valence-electron chi connectivity index (χ2n) is 5.18. The van der Waals surface area contributed by atoms with Gasteiger partial charge >= 0.3 is 5.97 Å². The number of rotatable bonds is 6. The van der Waals surface area contributed by atoms with Crippen molar-refractivity contribution in [2.24, 2.45) is 0 Å². The molecule has 1 aromatic rings. The van der Waals surface area contributed by atoms with Crippen LogP contribution in [0.2, 0.25) is 0 Å². The Morgan fingerprint density at radius 3 is 2.95 bits per heavy atom. The van der Waals surface area contributed by atoms with E-state index < -0.39 is 12.0 Å². The number of carboxylic acid groups (broad SMARTS) is 1. The van der Waals surface area contributed by atoms with E-state index >= 15 is 0 Å². The Bertz CT molecular complexity index is 546. The molecule has 1 amide bonds. The van der Waals surface area contributed by atoms with E-state index in [1.165, 1.54) is 29.8 Å². The molecule has 1 aromatic carbocycles. The van der Waals surface area contributed by atoms with E-state index in [0.29, 0.717) is 11.5 Å². The van der Waals surface area contributed by atoms with E-state index in [1.54, 1.807) is 0 Å². The molecule has 2 atom stereocenters. The number of amides is 1. The molecule has 5 nitrogen and oxygen atoms in total. The third-order valence-electron chi connectivity index (χ3n) is 3.22. The van der Waals surface area contributed by atoms with Crippen molar-refractivity contribution in [2.75, 3.05) is 11.5 Å². The number of hydrogen-bond donors (Lipinski definition) is 2. The summed E-state index contributed by atoms with van der Waals surface area (Å²) in [7, 11) is 0. The van der Waals surface area contributed by atoms with Gasteiger partial charge in [0.05, 0.1) is 0 Å². The Balaban J connectivity index is 1.80. The van der Waals surface area contributed by atoms with Gasteiger partial charge in [0.2, 0.25) is 5.91 Å². The van der Waals surface area contributed by atoms with Gasteiger partial charge in [-0.3, -0.25) is 4.79 Å². The maximum absolute atomic E-state index is 11.0. The van der Waals surface area contributed by atoms with Crippen LogP contribution in [0.1, 0.15) is 18.1 Å². The summed E-state index contributed by atoms with van der Waals surface area (Å²) in [6.45, 7) is 3.37. The number of hydrogen-bond acceptors (Lipinski definition) is 4. The Labute approximate surface area is 128 Å². The van der Waals surface area contributed by atoms with Gasteiger partial charge in [-0.25, -0.2) is 4.79 Å². The molecule has 1 aliphatic heterocycles. The van der Waals surface area contributed by atoms with Gasteiger partial charge in [0, 0.05) is 24.9 Å². The first kappa shape index (κ1) is 15.7. The van der Waals surface area contributed by atoms with Crippen LogP contribution in [0.5, 0.6) is 5.75 Å². The Kier molecular flexibility index (Phi) is 5.12. The number of carbonyl (C=O) groups is 2. The quantitative estimate of drug-likeness (QED) is 0.835. The van der Waals surface area contributed by atoms with Crippen molar-refractivity contribution in [3.8, 4) is 5.75 Å². The largest absolute Gasteiger partial charge is 0.489 e. The zero-order valence-electron chi connectivity index (χ0n) is 12.1. The fourth-order valence-electron chi connectivity index (χ4n) is 2.28. The zero-order chi connectivity index (χ0) is 15.4. The first-order valence-corrected chi connectivity index (χ1v) is 7.95. The van der Waals surface area contributed by atoms with Gasteiger partial charge in [-0.1, -0.05) is 17.7 Å². The van der Waals surface area contributed by atoms with E-state index in [9.17, 15) is 9.59 Å². The van der Waals surface area contributed by atoms with E-state index in [-0.39, 0.29) is 12.0 Å². The topological polar surface area (TPSA) is 75.6 Å². The zero-order valence-corrected chi connectivity index (χ0v) is 12.9. The lowest BCUT2D eigenvalue weighted by atomic mass is 10.1. The van der Waals surface area contributed by atoms with Crippen molar-refractivity contribution >= 4 is 23.6 Å². The molecule has 0 radical (unpaired) electrons. The molecule has 0 bridgehead atoms. The highest BCUT2D eigenvalue weighted by Gasteiger charge is 2.24. The molecule has 2 rings (SSSR count). The SMILES string of the molecule is CC(=O)N[C@@H](CSCC1Cc2cc(C)ccc2O1)C(=O)O. The molecule has 0 aliphatic carbocycles. The number of aryl methyl sites for hydroxylation is 1. The van der Waals surface area contributed by atoms with Crippen molar-refractivity contribution < 1.29 is 19.4 Å². The molecular formula is C15H19NO4S. The van der Waals surface area contributed by atoms with Crippen LogP contribution >= 0.6 is 11.8 Å². The van der Waals surface area contributed by atoms with Crippen LogP contribution in [-0.2, 0) is 16.0 Å². The summed E-state index contributed by atoms with van der Waals surface area (Å²) in [6, 6.07) is 5.27. The Morgan fingerprint density at radius 2 is 2.29 bits per heavy atom. The third kappa shape index (κ3) is 4.39. The van der Waals surface area contributed by atoms with Crippen LogP contribution in [0, 0.1) is 6.92 Å². The molecule has 0 aromatic heterocycles. The number of thioether (sulfide) groups is 1. The normalized spacial score (nSPS) is 17.7. The van der Waals surface area contributed by atoms with Crippen LogP contribution < -0.4 is 10.1 Å². The molecular weight excluding hydrogens is 290 g/mol. The number of nitrogens with one attached hydrogen (secondary N) is 1. The maximum Gasteiger partial charge on any atom is 0.327 e.